The summed E-state index contributed by atoms with van der Waals surface area (Å²) in [5.74, 6) is -0.179. The van der Waals surface area contributed by atoms with Gasteiger partial charge < -0.3 is 15.7 Å². The van der Waals surface area contributed by atoms with Crippen molar-refractivity contribution in [2.45, 2.75) is 32.7 Å². The number of anilines is 2. The van der Waals surface area contributed by atoms with Gasteiger partial charge >= 0.3 is 0 Å². The van der Waals surface area contributed by atoms with E-state index in [1.165, 1.54) is 0 Å². The first-order valence-electron chi connectivity index (χ1n) is 9.65. The Morgan fingerprint density at radius 2 is 1.61 bits per heavy atom. The molecule has 2 amide bonds. The first kappa shape index (κ1) is 19.9. The number of carbonyl (C=O) groups is 2. The third kappa shape index (κ3) is 4.70. The summed E-state index contributed by atoms with van der Waals surface area (Å²) in [6.45, 7) is 5.23. The third-order valence-corrected chi connectivity index (χ3v) is 5.39. The molecule has 0 aromatic heterocycles. The largest absolute Gasteiger partial charge is 0.506 e. The van der Waals surface area contributed by atoms with Crippen molar-refractivity contribution < 1.29 is 14.7 Å². The molecular weight excluding hydrogens is 354 g/mol. The summed E-state index contributed by atoms with van der Waals surface area (Å²) < 4.78 is 0. The number of benzene rings is 2. The molecule has 1 aliphatic rings. The number of rotatable bonds is 5. The number of para-hydroxylation sites is 3. The fraction of sp³-hybridized carbons (Fsp3) is 0.364. The van der Waals surface area contributed by atoms with Crippen LogP contribution in [-0.4, -0.2) is 41.0 Å². The van der Waals surface area contributed by atoms with Crippen LogP contribution in [0.15, 0.2) is 48.5 Å². The minimum Gasteiger partial charge on any atom is -0.506 e. The SMILES string of the molecule is Cc1ccccc1NC(=O)C(C)N1CCC(C(=O)Nc2ccccc2O)CC1. The molecule has 0 aliphatic carbocycles. The Morgan fingerprint density at radius 1 is 1.00 bits per heavy atom. The summed E-state index contributed by atoms with van der Waals surface area (Å²) >= 11 is 0. The summed E-state index contributed by atoms with van der Waals surface area (Å²) in [5.41, 5.74) is 2.29. The monoisotopic (exact) mass is 381 g/mol. The number of carbonyl (C=O) groups excluding carboxylic acids is 2. The second kappa shape index (κ2) is 8.89. The number of likely N-dealkylation sites (tertiary alicyclic amines) is 1. The number of piperidine rings is 1. The van der Waals surface area contributed by atoms with Crippen molar-refractivity contribution in [2.75, 3.05) is 23.7 Å². The van der Waals surface area contributed by atoms with Crippen LogP contribution in [0.2, 0.25) is 0 Å². The number of hydrogen-bond donors (Lipinski definition) is 3. The fourth-order valence-corrected chi connectivity index (χ4v) is 3.48. The van der Waals surface area contributed by atoms with Crippen LogP contribution >= 0.6 is 0 Å². The van der Waals surface area contributed by atoms with E-state index in [4.69, 9.17) is 0 Å². The highest BCUT2D eigenvalue weighted by Gasteiger charge is 2.30. The van der Waals surface area contributed by atoms with E-state index in [0.717, 1.165) is 11.3 Å². The van der Waals surface area contributed by atoms with Gasteiger partial charge in [0.05, 0.1) is 11.7 Å². The smallest absolute Gasteiger partial charge is 0.241 e. The zero-order chi connectivity index (χ0) is 20.1. The van der Waals surface area contributed by atoms with Crippen LogP contribution in [0, 0.1) is 12.8 Å². The molecule has 1 unspecified atom stereocenters. The van der Waals surface area contributed by atoms with Crippen molar-refractivity contribution in [3.05, 3.63) is 54.1 Å². The highest BCUT2D eigenvalue weighted by Crippen LogP contribution is 2.25. The number of aromatic hydroxyl groups is 1. The zero-order valence-corrected chi connectivity index (χ0v) is 16.3. The summed E-state index contributed by atoms with van der Waals surface area (Å²) in [4.78, 5) is 27.2. The summed E-state index contributed by atoms with van der Waals surface area (Å²) in [5, 5.41) is 15.6. The molecule has 6 heteroatoms. The van der Waals surface area contributed by atoms with Gasteiger partial charge in [-0.15, -0.1) is 0 Å². The van der Waals surface area contributed by atoms with E-state index in [9.17, 15) is 14.7 Å². The van der Waals surface area contributed by atoms with Gasteiger partial charge in [-0.1, -0.05) is 30.3 Å². The molecule has 0 radical (unpaired) electrons. The highest BCUT2D eigenvalue weighted by molar-refractivity contribution is 5.95. The van der Waals surface area contributed by atoms with Crippen molar-refractivity contribution in [3.63, 3.8) is 0 Å². The standard InChI is InChI=1S/C22H27N3O3/c1-15-7-3-4-8-18(15)23-21(27)16(2)25-13-11-17(12-14-25)22(28)24-19-9-5-6-10-20(19)26/h3-10,16-17,26H,11-14H2,1-2H3,(H,23,27)(H,24,28). The Kier molecular flexibility index (Phi) is 6.31. The van der Waals surface area contributed by atoms with Crippen molar-refractivity contribution in [1.29, 1.82) is 0 Å². The summed E-state index contributed by atoms with van der Waals surface area (Å²) in [7, 11) is 0. The van der Waals surface area contributed by atoms with Gasteiger partial charge in [0, 0.05) is 11.6 Å². The van der Waals surface area contributed by atoms with Crippen LogP contribution < -0.4 is 10.6 Å². The van der Waals surface area contributed by atoms with Gasteiger partial charge in [0.25, 0.3) is 0 Å². The molecule has 0 saturated carbocycles. The van der Waals surface area contributed by atoms with E-state index in [-0.39, 0.29) is 29.5 Å². The molecule has 6 nitrogen and oxygen atoms in total. The predicted octanol–water partition coefficient (Wildman–Crippen LogP) is 3.38. The Hall–Kier alpha value is -2.86. The van der Waals surface area contributed by atoms with Crippen molar-refractivity contribution in [3.8, 4) is 5.75 Å². The van der Waals surface area contributed by atoms with E-state index in [1.54, 1.807) is 24.3 Å². The Labute approximate surface area is 165 Å². The number of nitrogens with one attached hydrogen (secondary N) is 2. The van der Waals surface area contributed by atoms with Crippen LogP contribution in [0.25, 0.3) is 0 Å². The Bertz CT molecular complexity index is 844. The molecule has 1 atom stereocenters. The summed E-state index contributed by atoms with van der Waals surface area (Å²) in [6, 6.07) is 14.2. The van der Waals surface area contributed by atoms with Gasteiger partial charge in [-0.2, -0.15) is 0 Å². The molecule has 2 aromatic carbocycles. The average Bonchev–Trinajstić information content (AvgIpc) is 2.71. The second-order valence-electron chi connectivity index (χ2n) is 7.30. The van der Waals surface area contributed by atoms with Crippen LogP contribution in [0.1, 0.15) is 25.3 Å². The summed E-state index contributed by atoms with van der Waals surface area (Å²) in [6.07, 6.45) is 1.36. The number of amides is 2. The van der Waals surface area contributed by atoms with E-state index < -0.39 is 0 Å². The Balaban J connectivity index is 1.51. The van der Waals surface area contributed by atoms with Crippen LogP contribution in [-0.2, 0) is 9.59 Å². The van der Waals surface area contributed by atoms with Gasteiger partial charge in [0.2, 0.25) is 11.8 Å². The van der Waals surface area contributed by atoms with E-state index >= 15 is 0 Å². The number of hydrogen-bond acceptors (Lipinski definition) is 4. The predicted molar refractivity (Wildman–Crippen MR) is 110 cm³/mol. The highest BCUT2D eigenvalue weighted by atomic mass is 16.3. The molecule has 1 saturated heterocycles. The molecule has 3 N–H and O–H groups in total. The molecular formula is C22H27N3O3. The topological polar surface area (TPSA) is 81.7 Å². The molecule has 1 aliphatic heterocycles. The number of phenolic OH excluding ortho intramolecular Hbond substituents is 1. The Morgan fingerprint density at radius 3 is 2.25 bits per heavy atom. The lowest BCUT2D eigenvalue weighted by molar-refractivity contribution is -0.123. The van der Waals surface area contributed by atoms with Gasteiger partial charge in [-0.25, -0.2) is 0 Å². The molecule has 0 bridgehead atoms. The first-order valence-corrected chi connectivity index (χ1v) is 9.65. The van der Waals surface area contributed by atoms with Gasteiger partial charge in [-0.3, -0.25) is 14.5 Å². The van der Waals surface area contributed by atoms with E-state index in [2.05, 4.69) is 15.5 Å². The molecule has 28 heavy (non-hydrogen) atoms. The zero-order valence-electron chi connectivity index (χ0n) is 16.3. The normalized spacial score (nSPS) is 16.4. The van der Waals surface area contributed by atoms with E-state index in [0.29, 0.717) is 31.6 Å². The third-order valence-electron chi connectivity index (χ3n) is 5.39. The van der Waals surface area contributed by atoms with Gasteiger partial charge in [0.15, 0.2) is 0 Å². The lowest BCUT2D eigenvalue weighted by Gasteiger charge is -2.34. The minimum absolute atomic E-state index is 0.0357. The molecule has 0 spiro atoms. The van der Waals surface area contributed by atoms with E-state index in [1.807, 2.05) is 38.1 Å². The number of phenols is 1. The van der Waals surface area contributed by atoms with Gasteiger partial charge in [0.1, 0.15) is 5.75 Å². The minimum atomic E-state index is -0.262. The van der Waals surface area contributed by atoms with Crippen molar-refractivity contribution in [1.82, 2.24) is 4.90 Å². The maximum atomic E-state index is 12.6. The molecule has 1 fully saturated rings. The lowest BCUT2D eigenvalue weighted by Crippen LogP contribution is -2.47. The van der Waals surface area contributed by atoms with Crippen LogP contribution in [0.4, 0.5) is 11.4 Å². The maximum absolute atomic E-state index is 12.6. The lowest BCUT2D eigenvalue weighted by atomic mass is 9.94. The van der Waals surface area contributed by atoms with Crippen molar-refractivity contribution >= 4 is 23.2 Å². The second-order valence-corrected chi connectivity index (χ2v) is 7.30. The average molecular weight is 381 g/mol. The van der Waals surface area contributed by atoms with Gasteiger partial charge in [-0.05, 0) is 63.5 Å². The molecule has 1 heterocycles. The maximum Gasteiger partial charge on any atom is 0.241 e. The number of nitrogens with zero attached hydrogens (tertiary/aromatic N) is 1. The van der Waals surface area contributed by atoms with Crippen LogP contribution in [0.5, 0.6) is 5.75 Å². The first-order chi connectivity index (χ1) is 13.5. The fourth-order valence-electron chi connectivity index (χ4n) is 3.48. The number of aryl methyl sites for hydroxylation is 1. The molecule has 148 valence electrons. The quantitative estimate of drug-likeness (QED) is 0.694. The molecule has 2 aromatic rings. The van der Waals surface area contributed by atoms with Crippen molar-refractivity contribution in [2.24, 2.45) is 5.92 Å². The molecule has 3 rings (SSSR count). The van der Waals surface area contributed by atoms with Crippen LogP contribution in [0.3, 0.4) is 0 Å².